The van der Waals surface area contributed by atoms with Crippen molar-refractivity contribution < 1.29 is 0 Å². The van der Waals surface area contributed by atoms with E-state index in [-0.39, 0.29) is 12.1 Å². The van der Waals surface area contributed by atoms with Crippen molar-refractivity contribution >= 4 is 17.3 Å². The first-order valence-electron chi connectivity index (χ1n) is 7.81. The van der Waals surface area contributed by atoms with Gasteiger partial charge in [-0.3, -0.25) is 4.98 Å². The smallest absolute Gasteiger partial charge is 0.170 e. The minimum absolute atomic E-state index is 0.0964. The topological polar surface area (TPSA) is 33.1 Å². The van der Waals surface area contributed by atoms with Crippen molar-refractivity contribution in [1.29, 1.82) is 0 Å². The zero-order valence-corrected chi connectivity index (χ0v) is 13.9. The van der Waals surface area contributed by atoms with Gasteiger partial charge in [0.2, 0.25) is 0 Å². The lowest BCUT2D eigenvalue weighted by Gasteiger charge is -2.28. The Morgan fingerprint density at radius 3 is 2.77 bits per heavy atom. The summed E-state index contributed by atoms with van der Waals surface area (Å²) in [6.45, 7) is 3.18. The Balaban J connectivity index is 1.99. The Labute approximate surface area is 137 Å². The van der Waals surface area contributed by atoms with E-state index in [2.05, 4.69) is 58.1 Å². The lowest BCUT2D eigenvalue weighted by molar-refractivity contribution is 0.302. The number of hydrogen-bond acceptors (Lipinski definition) is 2. The van der Waals surface area contributed by atoms with E-state index in [0.717, 1.165) is 30.2 Å². The number of thiocarbonyl (C=S) groups is 1. The van der Waals surface area contributed by atoms with E-state index in [1.54, 1.807) is 0 Å². The van der Waals surface area contributed by atoms with Crippen LogP contribution in [0.15, 0.2) is 42.7 Å². The molecule has 1 fully saturated rings. The molecule has 3 heterocycles. The van der Waals surface area contributed by atoms with Gasteiger partial charge in [-0.15, -0.1) is 0 Å². The van der Waals surface area contributed by atoms with Gasteiger partial charge in [0.15, 0.2) is 5.11 Å². The summed E-state index contributed by atoms with van der Waals surface area (Å²) in [6, 6.07) is 10.6. The molecule has 2 aromatic rings. The SMILES string of the molecule is CCCCN1C(=S)NC(c2ccccn2)C1c1cccn1C. The van der Waals surface area contributed by atoms with Crippen LogP contribution >= 0.6 is 12.2 Å². The predicted octanol–water partition coefficient (Wildman–Crippen LogP) is 3.19. The monoisotopic (exact) mass is 314 g/mol. The second-order valence-corrected chi connectivity index (χ2v) is 6.10. The minimum atomic E-state index is 0.0964. The van der Waals surface area contributed by atoms with Crippen molar-refractivity contribution in [1.82, 2.24) is 19.8 Å². The molecular weight excluding hydrogens is 292 g/mol. The van der Waals surface area contributed by atoms with Crippen molar-refractivity contribution in [2.45, 2.75) is 31.8 Å². The van der Waals surface area contributed by atoms with E-state index in [1.807, 2.05) is 18.3 Å². The summed E-state index contributed by atoms with van der Waals surface area (Å²) < 4.78 is 2.18. The largest absolute Gasteiger partial charge is 0.353 e. The number of pyridine rings is 1. The molecule has 4 nitrogen and oxygen atoms in total. The third-order valence-corrected chi connectivity index (χ3v) is 4.59. The first-order valence-corrected chi connectivity index (χ1v) is 8.22. The Morgan fingerprint density at radius 1 is 1.27 bits per heavy atom. The van der Waals surface area contributed by atoms with Gasteiger partial charge in [-0.1, -0.05) is 19.4 Å². The number of hydrogen-bond donors (Lipinski definition) is 1. The molecule has 116 valence electrons. The lowest BCUT2D eigenvalue weighted by Crippen LogP contribution is -2.31. The van der Waals surface area contributed by atoms with Crippen molar-refractivity contribution in [2.24, 2.45) is 7.05 Å². The van der Waals surface area contributed by atoms with Crippen molar-refractivity contribution in [2.75, 3.05) is 6.54 Å². The zero-order valence-electron chi connectivity index (χ0n) is 13.1. The highest BCUT2D eigenvalue weighted by Crippen LogP contribution is 2.38. The summed E-state index contributed by atoms with van der Waals surface area (Å²) in [5.41, 5.74) is 2.30. The first kappa shape index (κ1) is 15.0. The van der Waals surface area contributed by atoms with Crippen LogP contribution < -0.4 is 5.32 Å². The second kappa shape index (κ2) is 6.48. The summed E-state index contributed by atoms with van der Waals surface area (Å²) in [4.78, 5) is 6.85. The summed E-state index contributed by atoms with van der Waals surface area (Å²) in [7, 11) is 2.09. The molecule has 2 unspecified atom stereocenters. The van der Waals surface area contributed by atoms with Gasteiger partial charge in [-0.25, -0.2) is 0 Å². The summed E-state index contributed by atoms with van der Waals surface area (Å²) >= 11 is 5.60. The van der Waals surface area contributed by atoms with Gasteiger partial charge in [0.25, 0.3) is 0 Å². The predicted molar refractivity (Wildman–Crippen MR) is 92.5 cm³/mol. The van der Waals surface area contributed by atoms with Crippen LogP contribution in [0.2, 0.25) is 0 Å². The number of unbranched alkanes of at least 4 members (excludes halogenated alkanes) is 1. The maximum atomic E-state index is 5.60. The molecule has 0 bridgehead atoms. The molecule has 0 radical (unpaired) electrons. The second-order valence-electron chi connectivity index (χ2n) is 5.72. The molecule has 5 heteroatoms. The highest BCUT2D eigenvalue weighted by Gasteiger charge is 2.40. The number of aromatic nitrogens is 2. The van der Waals surface area contributed by atoms with E-state index in [0.29, 0.717) is 0 Å². The molecule has 2 atom stereocenters. The van der Waals surface area contributed by atoms with Gasteiger partial charge >= 0.3 is 0 Å². The van der Waals surface area contributed by atoms with E-state index in [9.17, 15) is 0 Å². The molecule has 1 N–H and O–H groups in total. The normalized spacial score (nSPS) is 21.2. The molecule has 0 spiro atoms. The van der Waals surface area contributed by atoms with Crippen LogP contribution in [0.25, 0.3) is 0 Å². The fourth-order valence-corrected chi connectivity index (χ4v) is 3.41. The molecule has 3 rings (SSSR count). The number of nitrogens with one attached hydrogen (secondary N) is 1. The van der Waals surface area contributed by atoms with Gasteiger partial charge in [-0.2, -0.15) is 0 Å². The van der Waals surface area contributed by atoms with Crippen molar-refractivity contribution in [3.05, 3.63) is 54.1 Å². The first-order chi connectivity index (χ1) is 10.7. The third-order valence-electron chi connectivity index (χ3n) is 4.24. The maximum absolute atomic E-state index is 5.60. The standard InChI is InChI=1S/C17H22N4S/c1-3-4-12-21-16(14-9-7-11-20(14)2)15(19-17(21)22)13-8-5-6-10-18-13/h5-11,15-16H,3-4,12H2,1-2H3,(H,19,22). The fourth-order valence-electron chi connectivity index (χ4n) is 3.08. The highest BCUT2D eigenvalue weighted by atomic mass is 32.1. The quantitative estimate of drug-likeness (QED) is 0.859. The van der Waals surface area contributed by atoms with Crippen LogP contribution in [0.3, 0.4) is 0 Å². The van der Waals surface area contributed by atoms with Gasteiger partial charge in [0, 0.05) is 31.7 Å². The van der Waals surface area contributed by atoms with E-state index in [1.165, 1.54) is 5.69 Å². The van der Waals surface area contributed by atoms with Gasteiger partial charge in [0.05, 0.1) is 17.8 Å². The summed E-state index contributed by atoms with van der Waals surface area (Å²) in [6.07, 6.45) is 6.23. The molecule has 22 heavy (non-hydrogen) atoms. The average molecular weight is 314 g/mol. The molecule has 1 saturated heterocycles. The Hall–Kier alpha value is -1.88. The Bertz CT molecular complexity index is 637. The maximum Gasteiger partial charge on any atom is 0.170 e. The van der Waals surface area contributed by atoms with Crippen LogP contribution in [0.4, 0.5) is 0 Å². The Morgan fingerprint density at radius 2 is 2.14 bits per heavy atom. The lowest BCUT2D eigenvalue weighted by atomic mass is 10.0. The van der Waals surface area contributed by atoms with Crippen LogP contribution in [-0.4, -0.2) is 26.1 Å². The molecule has 2 aromatic heterocycles. The Kier molecular flexibility index (Phi) is 4.43. The molecule has 1 aliphatic rings. The molecular formula is C17H22N4S. The van der Waals surface area contributed by atoms with Gasteiger partial charge in [0.1, 0.15) is 0 Å². The van der Waals surface area contributed by atoms with Gasteiger partial charge in [-0.05, 0) is 42.9 Å². The number of rotatable bonds is 5. The van der Waals surface area contributed by atoms with Crippen LogP contribution in [0.1, 0.15) is 43.2 Å². The summed E-state index contributed by atoms with van der Waals surface area (Å²) in [5, 5.41) is 4.31. The molecule has 1 aliphatic heterocycles. The van der Waals surface area contributed by atoms with E-state index >= 15 is 0 Å². The highest BCUT2D eigenvalue weighted by molar-refractivity contribution is 7.80. The molecule has 0 saturated carbocycles. The average Bonchev–Trinajstić information content (AvgIpc) is 3.09. The summed E-state index contributed by atoms with van der Waals surface area (Å²) in [5.74, 6) is 0. The van der Waals surface area contributed by atoms with Crippen LogP contribution in [0, 0.1) is 0 Å². The van der Waals surface area contributed by atoms with Crippen LogP contribution in [0.5, 0.6) is 0 Å². The molecule has 0 amide bonds. The number of aryl methyl sites for hydroxylation is 1. The van der Waals surface area contributed by atoms with Gasteiger partial charge < -0.3 is 14.8 Å². The zero-order chi connectivity index (χ0) is 15.5. The van der Waals surface area contributed by atoms with Crippen LogP contribution in [-0.2, 0) is 7.05 Å². The molecule has 0 aliphatic carbocycles. The molecule has 0 aromatic carbocycles. The number of nitrogens with zero attached hydrogens (tertiary/aromatic N) is 3. The fraction of sp³-hybridized carbons (Fsp3) is 0.412. The van der Waals surface area contributed by atoms with E-state index < -0.39 is 0 Å². The van der Waals surface area contributed by atoms with E-state index in [4.69, 9.17) is 12.2 Å². The minimum Gasteiger partial charge on any atom is -0.353 e. The third kappa shape index (κ3) is 2.73. The van der Waals surface area contributed by atoms with Crippen molar-refractivity contribution in [3.8, 4) is 0 Å². The van der Waals surface area contributed by atoms with Crippen molar-refractivity contribution in [3.63, 3.8) is 0 Å².